The van der Waals surface area contributed by atoms with Gasteiger partial charge in [-0.3, -0.25) is 0 Å². The van der Waals surface area contributed by atoms with E-state index in [4.69, 9.17) is 5.11 Å². The minimum absolute atomic E-state index is 0.111. The summed E-state index contributed by atoms with van der Waals surface area (Å²) in [6, 6.07) is 0. The van der Waals surface area contributed by atoms with Crippen molar-refractivity contribution in [1.29, 1.82) is 0 Å². The van der Waals surface area contributed by atoms with Crippen molar-refractivity contribution in [3.63, 3.8) is 0 Å². The first-order valence-electron chi connectivity index (χ1n) is 3.36. The molecule has 0 heterocycles. The molecule has 3 N–H and O–H groups in total. The first kappa shape index (κ1) is 10.5. The lowest BCUT2D eigenvalue weighted by atomic mass is 10.2. The maximum Gasteiger partial charge on any atom is 0.404 e. The molecule has 0 saturated heterocycles. The predicted octanol–water partition coefficient (Wildman–Crippen LogP) is 0.503. The van der Waals surface area contributed by atoms with E-state index in [-0.39, 0.29) is 12.2 Å². The fraction of sp³-hybridized carbons (Fsp3) is 0.429. The van der Waals surface area contributed by atoms with Gasteiger partial charge < -0.3 is 15.6 Å². The molecule has 0 aliphatic carbocycles. The van der Waals surface area contributed by atoms with Crippen molar-refractivity contribution >= 4 is 12.1 Å². The van der Waals surface area contributed by atoms with Gasteiger partial charge in [0.15, 0.2) is 0 Å². The number of hydrogen-bond donors (Lipinski definition) is 2. The Morgan fingerprint density at radius 2 is 2.17 bits per heavy atom. The molecule has 0 aromatic heterocycles. The van der Waals surface area contributed by atoms with Crippen LogP contribution in [0.1, 0.15) is 13.3 Å². The zero-order valence-corrected chi connectivity index (χ0v) is 6.74. The van der Waals surface area contributed by atoms with Crippen molar-refractivity contribution in [2.24, 2.45) is 5.73 Å². The van der Waals surface area contributed by atoms with Gasteiger partial charge in [-0.15, -0.1) is 0 Å². The number of nitrogens with two attached hydrogens (primary N) is 1. The van der Waals surface area contributed by atoms with E-state index in [9.17, 15) is 9.59 Å². The van der Waals surface area contributed by atoms with Gasteiger partial charge in [-0.05, 0) is 6.92 Å². The Balaban J connectivity index is 3.60. The Labute approximate surface area is 69.8 Å². The van der Waals surface area contributed by atoms with Crippen LogP contribution in [0.2, 0.25) is 0 Å². The number of amides is 1. The third-order valence-electron chi connectivity index (χ3n) is 1.15. The van der Waals surface area contributed by atoms with Crippen LogP contribution in [0.25, 0.3) is 0 Å². The largest absolute Gasteiger partial charge is 0.478 e. The molecular weight excluding hydrogens is 162 g/mol. The molecule has 0 unspecified atom stereocenters. The summed E-state index contributed by atoms with van der Waals surface area (Å²) in [5.41, 5.74) is 4.90. The summed E-state index contributed by atoms with van der Waals surface area (Å²) in [5.74, 6) is -0.978. The van der Waals surface area contributed by atoms with Gasteiger partial charge in [0, 0.05) is 12.0 Å². The van der Waals surface area contributed by atoms with Crippen molar-refractivity contribution in [3.8, 4) is 0 Å². The molecule has 0 spiro atoms. The van der Waals surface area contributed by atoms with Gasteiger partial charge in [0.1, 0.15) is 0 Å². The number of ether oxygens (including phenoxy) is 1. The minimum Gasteiger partial charge on any atom is -0.478 e. The second kappa shape index (κ2) is 5.17. The third-order valence-corrected chi connectivity index (χ3v) is 1.15. The van der Waals surface area contributed by atoms with Gasteiger partial charge >= 0.3 is 12.1 Å². The van der Waals surface area contributed by atoms with Crippen LogP contribution in [0.4, 0.5) is 4.79 Å². The highest BCUT2D eigenvalue weighted by Gasteiger charge is 1.98. The molecule has 5 heteroatoms. The second-order valence-corrected chi connectivity index (χ2v) is 2.15. The molecule has 0 aromatic rings. The lowest BCUT2D eigenvalue weighted by Gasteiger charge is -1.97. The number of hydrogen-bond acceptors (Lipinski definition) is 3. The second-order valence-electron chi connectivity index (χ2n) is 2.15. The Bertz CT molecular complexity index is 209. The smallest absolute Gasteiger partial charge is 0.404 e. The van der Waals surface area contributed by atoms with Gasteiger partial charge in [-0.1, -0.05) is 6.08 Å². The van der Waals surface area contributed by atoms with E-state index in [0.717, 1.165) is 0 Å². The summed E-state index contributed by atoms with van der Waals surface area (Å²) < 4.78 is 4.37. The lowest BCUT2D eigenvalue weighted by Crippen LogP contribution is -2.13. The number of primary amides is 1. The zero-order valence-electron chi connectivity index (χ0n) is 6.74. The fourth-order valence-electron chi connectivity index (χ4n) is 0.522. The van der Waals surface area contributed by atoms with Gasteiger partial charge in [0.2, 0.25) is 0 Å². The lowest BCUT2D eigenvalue weighted by molar-refractivity contribution is -0.132. The van der Waals surface area contributed by atoms with E-state index >= 15 is 0 Å². The van der Waals surface area contributed by atoms with Crippen molar-refractivity contribution in [3.05, 3.63) is 11.6 Å². The van der Waals surface area contributed by atoms with Crippen molar-refractivity contribution in [1.82, 2.24) is 0 Å². The van der Waals surface area contributed by atoms with Crippen LogP contribution in [0.5, 0.6) is 0 Å². The first-order chi connectivity index (χ1) is 5.54. The highest BCUT2D eigenvalue weighted by atomic mass is 16.5. The number of rotatable bonds is 4. The minimum atomic E-state index is -0.978. The molecule has 0 aliphatic rings. The third kappa shape index (κ3) is 5.28. The SMILES string of the molecule is CC(=CCCOC(N)=O)C(=O)O. The normalized spacial score (nSPS) is 10.9. The highest BCUT2D eigenvalue weighted by Crippen LogP contribution is 1.95. The predicted molar refractivity (Wildman–Crippen MR) is 41.5 cm³/mol. The average Bonchev–Trinajstić information content (AvgIpc) is 1.97. The molecule has 0 bridgehead atoms. The highest BCUT2D eigenvalue weighted by molar-refractivity contribution is 5.85. The standard InChI is InChI=1S/C7H11NO4/c1-5(6(9)10)3-2-4-12-7(8)11/h3H,2,4H2,1H3,(H2,8,11)(H,9,10). The molecule has 0 fully saturated rings. The maximum absolute atomic E-state index is 10.2. The van der Waals surface area contributed by atoms with Gasteiger partial charge in [0.25, 0.3) is 0 Å². The van der Waals surface area contributed by atoms with Crippen molar-refractivity contribution < 1.29 is 19.4 Å². The molecule has 0 atom stereocenters. The molecule has 5 nitrogen and oxygen atoms in total. The van der Waals surface area contributed by atoms with Crippen LogP contribution in [-0.4, -0.2) is 23.8 Å². The molecule has 0 aromatic carbocycles. The quantitative estimate of drug-likeness (QED) is 0.478. The molecule has 0 aliphatic heterocycles. The molecular formula is C7H11NO4. The van der Waals surface area contributed by atoms with E-state index in [1.165, 1.54) is 13.0 Å². The number of carbonyl (C=O) groups is 2. The molecule has 0 saturated carbocycles. The van der Waals surface area contributed by atoms with E-state index in [1.807, 2.05) is 0 Å². The zero-order chi connectivity index (χ0) is 9.56. The molecule has 68 valence electrons. The Morgan fingerprint density at radius 3 is 2.58 bits per heavy atom. The van der Waals surface area contributed by atoms with Crippen molar-refractivity contribution in [2.45, 2.75) is 13.3 Å². The number of carboxylic acids is 1. The van der Waals surface area contributed by atoms with E-state index in [0.29, 0.717) is 6.42 Å². The molecule has 0 radical (unpaired) electrons. The van der Waals surface area contributed by atoms with Gasteiger partial charge in [0.05, 0.1) is 6.61 Å². The average molecular weight is 173 g/mol. The van der Waals surface area contributed by atoms with Crippen LogP contribution in [0, 0.1) is 0 Å². The van der Waals surface area contributed by atoms with E-state index < -0.39 is 12.1 Å². The molecule has 1 amide bonds. The summed E-state index contributed by atoms with van der Waals surface area (Å²) in [6.07, 6.45) is 0.975. The summed E-state index contributed by atoms with van der Waals surface area (Å²) in [4.78, 5) is 20.3. The van der Waals surface area contributed by atoms with Crippen LogP contribution >= 0.6 is 0 Å². The van der Waals surface area contributed by atoms with Crippen molar-refractivity contribution in [2.75, 3.05) is 6.61 Å². The van der Waals surface area contributed by atoms with E-state index in [1.54, 1.807) is 0 Å². The van der Waals surface area contributed by atoms with E-state index in [2.05, 4.69) is 10.5 Å². The van der Waals surface area contributed by atoms with Crippen LogP contribution in [0.3, 0.4) is 0 Å². The summed E-state index contributed by atoms with van der Waals surface area (Å²) in [6.45, 7) is 1.58. The van der Waals surface area contributed by atoms with Gasteiger partial charge in [-0.2, -0.15) is 0 Å². The Morgan fingerprint density at radius 1 is 1.58 bits per heavy atom. The topological polar surface area (TPSA) is 89.6 Å². The number of aliphatic carboxylic acids is 1. The first-order valence-corrected chi connectivity index (χ1v) is 3.36. The molecule has 0 rings (SSSR count). The Hall–Kier alpha value is -1.52. The summed E-state index contributed by atoms with van der Waals surface area (Å²) in [5, 5.41) is 8.39. The number of carboxylic acid groups (broad SMARTS) is 1. The van der Waals surface area contributed by atoms with Crippen LogP contribution < -0.4 is 5.73 Å². The van der Waals surface area contributed by atoms with Crippen LogP contribution in [0.15, 0.2) is 11.6 Å². The monoisotopic (exact) mass is 173 g/mol. The summed E-state index contributed by atoms with van der Waals surface area (Å²) in [7, 11) is 0. The van der Waals surface area contributed by atoms with Crippen LogP contribution in [-0.2, 0) is 9.53 Å². The fourth-order valence-corrected chi connectivity index (χ4v) is 0.522. The number of carbonyl (C=O) groups excluding carboxylic acids is 1. The Kier molecular flexibility index (Phi) is 4.52. The molecule has 12 heavy (non-hydrogen) atoms. The van der Waals surface area contributed by atoms with Gasteiger partial charge in [-0.25, -0.2) is 9.59 Å². The maximum atomic E-state index is 10.2. The summed E-state index contributed by atoms with van der Waals surface area (Å²) >= 11 is 0.